The normalized spacial score (nSPS) is 14.0. The monoisotopic (exact) mass is 557 g/mol. The van der Waals surface area contributed by atoms with E-state index >= 15 is 0 Å². The Kier molecular flexibility index (Phi) is 7.48. The van der Waals surface area contributed by atoms with Gasteiger partial charge in [0.25, 0.3) is 0 Å². The van der Waals surface area contributed by atoms with E-state index < -0.39 is 23.5 Å². The lowest BCUT2D eigenvalue weighted by Gasteiger charge is -2.25. The van der Waals surface area contributed by atoms with Crippen molar-refractivity contribution in [2.75, 3.05) is 11.9 Å². The van der Waals surface area contributed by atoms with E-state index in [9.17, 15) is 23.1 Å². The Balaban J connectivity index is 1.66. The molecule has 204 valence electrons. The van der Waals surface area contributed by atoms with E-state index in [0.29, 0.717) is 45.8 Å². The van der Waals surface area contributed by atoms with Crippen LogP contribution >= 0.6 is 11.6 Å². The molecule has 2 aromatic heterocycles. The van der Waals surface area contributed by atoms with E-state index in [-0.39, 0.29) is 12.2 Å². The summed E-state index contributed by atoms with van der Waals surface area (Å²) in [6, 6.07) is 10.5. The quantitative estimate of drug-likeness (QED) is 0.228. The Hall–Kier alpha value is -3.66. The van der Waals surface area contributed by atoms with Crippen LogP contribution < -0.4 is 5.32 Å². The predicted molar refractivity (Wildman–Crippen MR) is 143 cm³/mol. The van der Waals surface area contributed by atoms with Crippen LogP contribution in [0.4, 0.5) is 19.0 Å². The van der Waals surface area contributed by atoms with Crippen LogP contribution in [-0.2, 0) is 19.1 Å². The molecule has 1 aliphatic rings. The van der Waals surface area contributed by atoms with E-state index in [1.807, 2.05) is 19.1 Å². The van der Waals surface area contributed by atoms with Gasteiger partial charge in [-0.05, 0) is 54.2 Å². The number of benzene rings is 2. The first-order valence-corrected chi connectivity index (χ1v) is 13.2. The average molecular weight is 558 g/mol. The number of anilines is 1. The van der Waals surface area contributed by atoms with E-state index in [2.05, 4.69) is 15.3 Å². The second-order valence-corrected chi connectivity index (χ2v) is 10.2. The Morgan fingerprint density at radius 3 is 2.44 bits per heavy atom. The molecule has 0 spiro atoms. The Bertz CT molecular complexity index is 1510. The Labute approximate surface area is 228 Å². The summed E-state index contributed by atoms with van der Waals surface area (Å²) in [4.78, 5) is 25.0. The highest BCUT2D eigenvalue weighted by Crippen LogP contribution is 2.35. The molecular weight excluding hydrogens is 531 g/mol. The fourth-order valence-corrected chi connectivity index (χ4v) is 4.94. The maximum Gasteiger partial charge on any atom is 0.416 e. The molecule has 2 heterocycles. The van der Waals surface area contributed by atoms with Gasteiger partial charge in [-0.3, -0.25) is 0 Å². The van der Waals surface area contributed by atoms with Gasteiger partial charge in [0, 0.05) is 18.7 Å². The van der Waals surface area contributed by atoms with Crippen molar-refractivity contribution in [1.29, 1.82) is 0 Å². The van der Waals surface area contributed by atoms with Crippen molar-refractivity contribution < 1.29 is 23.1 Å². The van der Waals surface area contributed by atoms with Crippen molar-refractivity contribution in [2.45, 2.75) is 51.7 Å². The van der Waals surface area contributed by atoms with Gasteiger partial charge in [-0.25, -0.2) is 19.7 Å². The van der Waals surface area contributed by atoms with Gasteiger partial charge < -0.3 is 15.0 Å². The number of aryl methyl sites for hydroxylation is 1. The number of hydrogen-bond donors (Lipinski definition) is 2. The van der Waals surface area contributed by atoms with Gasteiger partial charge in [-0.2, -0.15) is 13.2 Å². The van der Waals surface area contributed by atoms with Crippen LogP contribution in [-0.4, -0.2) is 37.1 Å². The van der Waals surface area contributed by atoms with E-state index in [1.165, 1.54) is 31.4 Å². The number of nitrogens with zero attached hydrogens (tertiary/aromatic N) is 4. The molecule has 0 bridgehead atoms. The standard InChI is InChI=1S/C28H27ClF3N5O2/c1-2-16-8-11-21(29)20(14-16)26-36-24-22(37(26)15-18-6-9-19(10-7-18)28(30,31)32)23(34-25(35-24)27(38)39)33-13-12-17-4-3-5-17/h6-11,14,17H,2-5,12-13,15H2,1H3,(H,38,39)(H,33,34,35). The minimum atomic E-state index is -4.45. The van der Waals surface area contributed by atoms with Crippen molar-refractivity contribution >= 4 is 34.6 Å². The van der Waals surface area contributed by atoms with Crippen molar-refractivity contribution in [3.63, 3.8) is 0 Å². The third-order valence-electron chi connectivity index (χ3n) is 7.17. The number of aromatic carboxylic acids is 1. The highest BCUT2D eigenvalue weighted by atomic mass is 35.5. The maximum absolute atomic E-state index is 13.2. The molecule has 11 heteroatoms. The number of carboxylic acid groups (broad SMARTS) is 1. The number of fused-ring (bicyclic) bond motifs is 1. The summed E-state index contributed by atoms with van der Waals surface area (Å²) < 4.78 is 41.3. The third-order valence-corrected chi connectivity index (χ3v) is 7.50. The third kappa shape index (κ3) is 5.71. The van der Waals surface area contributed by atoms with Gasteiger partial charge in [0.15, 0.2) is 11.5 Å². The van der Waals surface area contributed by atoms with Crippen molar-refractivity contribution in [3.8, 4) is 11.4 Å². The first-order chi connectivity index (χ1) is 18.6. The van der Waals surface area contributed by atoms with Gasteiger partial charge in [0.05, 0.1) is 10.6 Å². The highest BCUT2D eigenvalue weighted by molar-refractivity contribution is 6.33. The van der Waals surface area contributed by atoms with Crippen LogP contribution in [0.1, 0.15) is 59.9 Å². The summed E-state index contributed by atoms with van der Waals surface area (Å²) in [7, 11) is 0. The molecular formula is C28H27ClF3N5O2. The van der Waals surface area contributed by atoms with Crippen LogP contribution in [0.25, 0.3) is 22.6 Å². The summed E-state index contributed by atoms with van der Waals surface area (Å²) in [5, 5.41) is 13.4. The zero-order valence-electron chi connectivity index (χ0n) is 21.2. The van der Waals surface area contributed by atoms with Crippen LogP contribution in [0.3, 0.4) is 0 Å². The molecule has 7 nitrogen and oxygen atoms in total. The number of hydrogen-bond acceptors (Lipinski definition) is 5. The SMILES string of the molecule is CCc1ccc(Cl)c(-c2nc3nc(C(=O)O)nc(NCCC4CCC4)c3n2Cc2ccc(C(F)(F)F)cc2)c1. The lowest BCUT2D eigenvalue weighted by Crippen LogP contribution is -2.17. The average Bonchev–Trinajstić information content (AvgIpc) is 3.23. The van der Waals surface area contributed by atoms with Gasteiger partial charge in [-0.1, -0.05) is 56.0 Å². The molecule has 39 heavy (non-hydrogen) atoms. The first-order valence-electron chi connectivity index (χ1n) is 12.8. The Morgan fingerprint density at radius 1 is 1.10 bits per heavy atom. The molecule has 0 saturated heterocycles. The van der Waals surface area contributed by atoms with Gasteiger partial charge in [0.2, 0.25) is 5.82 Å². The lowest BCUT2D eigenvalue weighted by atomic mass is 9.83. The molecule has 5 rings (SSSR count). The second kappa shape index (κ2) is 10.8. The Morgan fingerprint density at radius 2 is 1.82 bits per heavy atom. The maximum atomic E-state index is 13.2. The van der Waals surface area contributed by atoms with Gasteiger partial charge >= 0.3 is 12.1 Å². The van der Waals surface area contributed by atoms with Crippen LogP contribution in [0, 0.1) is 5.92 Å². The van der Waals surface area contributed by atoms with Crippen LogP contribution in [0.15, 0.2) is 42.5 Å². The van der Waals surface area contributed by atoms with Gasteiger partial charge in [0.1, 0.15) is 11.3 Å². The molecule has 1 aliphatic carbocycles. The van der Waals surface area contributed by atoms with E-state index in [4.69, 9.17) is 16.6 Å². The second-order valence-electron chi connectivity index (χ2n) is 9.77. The molecule has 0 aliphatic heterocycles. The van der Waals surface area contributed by atoms with Crippen molar-refractivity contribution in [2.24, 2.45) is 5.92 Å². The number of alkyl halides is 3. The number of halogens is 4. The molecule has 0 unspecified atom stereocenters. The molecule has 1 saturated carbocycles. The van der Waals surface area contributed by atoms with E-state index in [0.717, 1.165) is 30.5 Å². The van der Waals surface area contributed by atoms with Crippen molar-refractivity contribution in [1.82, 2.24) is 19.5 Å². The fourth-order valence-electron chi connectivity index (χ4n) is 4.74. The fraction of sp³-hybridized carbons (Fsp3) is 0.357. The lowest BCUT2D eigenvalue weighted by molar-refractivity contribution is -0.137. The molecule has 4 aromatic rings. The zero-order chi connectivity index (χ0) is 27.7. The minimum absolute atomic E-state index is 0.143. The number of rotatable bonds is 9. The number of nitrogens with one attached hydrogen (secondary N) is 1. The summed E-state index contributed by atoms with van der Waals surface area (Å²) in [5.74, 6) is -0.331. The highest BCUT2D eigenvalue weighted by Gasteiger charge is 2.30. The molecule has 0 radical (unpaired) electrons. The molecule has 2 aromatic carbocycles. The number of aromatic nitrogens is 4. The summed E-state index contributed by atoms with van der Waals surface area (Å²) in [6.45, 7) is 2.74. The zero-order valence-corrected chi connectivity index (χ0v) is 22.0. The molecule has 0 amide bonds. The molecule has 0 atom stereocenters. The smallest absolute Gasteiger partial charge is 0.416 e. The van der Waals surface area contributed by atoms with Crippen LogP contribution in [0.2, 0.25) is 5.02 Å². The summed E-state index contributed by atoms with van der Waals surface area (Å²) in [5.41, 5.74) is 2.09. The number of carbonyl (C=O) groups is 1. The number of imidazole rings is 1. The minimum Gasteiger partial charge on any atom is -0.475 e. The largest absolute Gasteiger partial charge is 0.475 e. The van der Waals surface area contributed by atoms with Gasteiger partial charge in [-0.15, -0.1) is 0 Å². The summed E-state index contributed by atoms with van der Waals surface area (Å²) in [6.07, 6.45) is 0.774. The van der Waals surface area contributed by atoms with E-state index in [1.54, 1.807) is 10.6 Å². The summed E-state index contributed by atoms with van der Waals surface area (Å²) >= 11 is 6.60. The van der Waals surface area contributed by atoms with Crippen LogP contribution in [0.5, 0.6) is 0 Å². The first kappa shape index (κ1) is 26.9. The molecule has 1 fully saturated rings. The number of carboxylic acids is 1. The topological polar surface area (TPSA) is 92.9 Å². The predicted octanol–water partition coefficient (Wildman–Crippen LogP) is 7.08. The van der Waals surface area contributed by atoms with Crippen molar-refractivity contribution in [3.05, 3.63) is 70.0 Å². The molecule has 2 N–H and O–H groups in total.